The number of ether oxygens (including phenoxy) is 1. The summed E-state index contributed by atoms with van der Waals surface area (Å²) in [6.45, 7) is 8.09. The summed E-state index contributed by atoms with van der Waals surface area (Å²) in [5.74, 6) is 0.931. The van der Waals surface area contributed by atoms with Crippen molar-refractivity contribution in [1.82, 2.24) is 10.3 Å². The number of aromatic amines is 1. The van der Waals surface area contributed by atoms with Crippen LogP contribution in [0.4, 0.5) is 0 Å². The van der Waals surface area contributed by atoms with Gasteiger partial charge in [0.05, 0.1) is 12.6 Å². The standard InChI is InChI=1S/C21H24N2O/c1-4-24-16-7-5-15(6-8-16)20-21-17(9-10-22-20)18-12-13(2)11-14(3)19(18)23-21/h5-8,11-12,20,22-23H,4,9-10H2,1-3H3. The molecule has 0 bridgehead atoms. The van der Waals surface area contributed by atoms with Crippen LogP contribution < -0.4 is 10.1 Å². The summed E-state index contributed by atoms with van der Waals surface area (Å²) in [6.07, 6.45) is 1.08. The fraction of sp³-hybridized carbons (Fsp3) is 0.333. The lowest BCUT2D eigenvalue weighted by Crippen LogP contribution is -2.30. The summed E-state index contributed by atoms with van der Waals surface area (Å²) in [5, 5.41) is 5.05. The van der Waals surface area contributed by atoms with Gasteiger partial charge in [-0.2, -0.15) is 0 Å². The van der Waals surface area contributed by atoms with Crippen LogP contribution >= 0.6 is 0 Å². The van der Waals surface area contributed by atoms with Gasteiger partial charge in [0.2, 0.25) is 0 Å². The summed E-state index contributed by atoms with van der Waals surface area (Å²) < 4.78 is 5.57. The molecule has 3 aromatic rings. The zero-order valence-corrected chi connectivity index (χ0v) is 14.6. The molecule has 0 amide bonds. The molecular formula is C21H24N2O. The fourth-order valence-corrected chi connectivity index (χ4v) is 3.89. The summed E-state index contributed by atoms with van der Waals surface area (Å²) in [6, 6.07) is 13.3. The number of H-pyrrole nitrogens is 1. The fourth-order valence-electron chi connectivity index (χ4n) is 3.89. The van der Waals surface area contributed by atoms with Gasteiger partial charge < -0.3 is 15.0 Å². The van der Waals surface area contributed by atoms with Gasteiger partial charge in [-0.05, 0) is 62.1 Å². The molecule has 3 heteroatoms. The second kappa shape index (κ2) is 5.99. The van der Waals surface area contributed by atoms with Gasteiger partial charge in [-0.15, -0.1) is 0 Å². The van der Waals surface area contributed by atoms with Gasteiger partial charge in [0, 0.05) is 23.1 Å². The zero-order valence-electron chi connectivity index (χ0n) is 14.6. The van der Waals surface area contributed by atoms with Crippen LogP contribution in [0.2, 0.25) is 0 Å². The minimum Gasteiger partial charge on any atom is -0.494 e. The van der Waals surface area contributed by atoms with Crippen LogP contribution in [0, 0.1) is 13.8 Å². The van der Waals surface area contributed by atoms with Crippen LogP contribution in [0.15, 0.2) is 36.4 Å². The van der Waals surface area contributed by atoms with Gasteiger partial charge in [0.1, 0.15) is 5.75 Å². The first-order valence-corrected chi connectivity index (χ1v) is 8.75. The Labute approximate surface area is 143 Å². The molecule has 24 heavy (non-hydrogen) atoms. The molecule has 0 fully saturated rings. The summed E-state index contributed by atoms with van der Waals surface area (Å²) >= 11 is 0. The molecule has 1 aromatic heterocycles. The van der Waals surface area contributed by atoms with E-state index in [0.29, 0.717) is 6.61 Å². The van der Waals surface area contributed by atoms with Gasteiger partial charge in [-0.25, -0.2) is 0 Å². The molecule has 1 aliphatic rings. The van der Waals surface area contributed by atoms with E-state index in [1.54, 1.807) is 0 Å². The maximum Gasteiger partial charge on any atom is 0.119 e. The summed E-state index contributed by atoms with van der Waals surface area (Å²) in [5.41, 5.74) is 8.00. The Morgan fingerprint density at radius 2 is 1.92 bits per heavy atom. The smallest absolute Gasteiger partial charge is 0.119 e. The van der Waals surface area contributed by atoms with Crippen molar-refractivity contribution < 1.29 is 4.74 Å². The van der Waals surface area contributed by atoms with E-state index in [1.807, 2.05) is 6.92 Å². The largest absolute Gasteiger partial charge is 0.494 e. The molecule has 3 nitrogen and oxygen atoms in total. The van der Waals surface area contributed by atoms with Crippen molar-refractivity contribution in [2.75, 3.05) is 13.2 Å². The highest BCUT2D eigenvalue weighted by Gasteiger charge is 2.25. The second-order valence-electron chi connectivity index (χ2n) is 6.66. The van der Waals surface area contributed by atoms with E-state index in [1.165, 1.54) is 38.9 Å². The number of hydrogen-bond donors (Lipinski definition) is 2. The van der Waals surface area contributed by atoms with Gasteiger partial charge in [-0.1, -0.05) is 23.8 Å². The van der Waals surface area contributed by atoms with Crippen molar-refractivity contribution in [3.05, 3.63) is 64.3 Å². The molecule has 0 saturated heterocycles. The maximum atomic E-state index is 5.57. The lowest BCUT2D eigenvalue weighted by Gasteiger charge is -2.25. The molecular weight excluding hydrogens is 296 g/mol. The average Bonchev–Trinajstić information content (AvgIpc) is 2.95. The Morgan fingerprint density at radius 3 is 2.67 bits per heavy atom. The maximum absolute atomic E-state index is 5.57. The zero-order chi connectivity index (χ0) is 16.7. The highest BCUT2D eigenvalue weighted by molar-refractivity contribution is 5.88. The molecule has 124 valence electrons. The van der Waals surface area contributed by atoms with E-state index in [0.717, 1.165) is 18.7 Å². The molecule has 1 aliphatic heterocycles. The number of aromatic nitrogens is 1. The molecule has 1 atom stereocenters. The third-order valence-electron chi connectivity index (χ3n) is 4.93. The Bertz CT molecular complexity index is 877. The highest BCUT2D eigenvalue weighted by atomic mass is 16.5. The van der Waals surface area contributed by atoms with Crippen LogP contribution in [-0.2, 0) is 6.42 Å². The van der Waals surface area contributed by atoms with Crippen molar-refractivity contribution in [3.8, 4) is 5.75 Å². The SMILES string of the molecule is CCOc1ccc(C2NCCc3c2[nH]c2c(C)cc(C)cc32)cc1. The van der Waals surface area contributed by atoms with E-state index >= 15 is 0 Å². The van der Waals surface area contributed by atoms with E-state index < -0.39 is 0 Å². The van der Waals surface area contributed by atoms with Crippen molar-refractivity contribution in [1.29, 1.82) is 0 Å². The third-order valence-corrected chi connectivity index (χ3v) is 4.93. The van der Waals surface area contributed by atoms with E-state index in [4.69, 9.17) is 4.74 Å². The van der Waals surface area contributed by atoms with Crippen LogP contribution in [0.25, 0.3) is 10.9 Å². The first-order valence-electron chi connectivity index (χ1n) is 8.75. The van der Waals surface area contributed by atoms with Gasteiger partial charge in [-0.3, -0.25) is 0 Å². The van der Waals surface area contributed by atoms with E-state index in [-0.39, 0.29) is 6.04 Å². The second-order valence-corrected chi connectivity index (χ2v) is 6.66. The van der Waals surface area contributed by atoms with Gasteiger partial charge >= 0.3 is 0 Å². The minimum absolute atomic E-state index is 0.219. The number of benzene rings is 2. The number of nitrogens with one attached hydrogen (secondary N) is 2. The van der Waals surface area contributed by atoms with Crippen molar-refractivity contribution in [2.24, 2.45) is 0 Å². The number of hydrogen-bond acceptors (Lipinski definition) is 2. The average molecular weight is 320 g/mol. The third kappa shape index (κ3) is 2.49. The lowest BCUT2D eigenvalue weighted by atomic mass is 9.93. The predicted octanol–water partition coefficient (Wildman–Crippen LogP) is 4.42. The predicted molar refractivity (Wildman–Crippen MR) is 98.9 cm³/mol. The number of aryl methyl sites for hydroxylation is 2. The topological polar surface area (TPSA) is 37.0 Å². The van der Waals surface area contributed by atoms with Crippen LogP contribution in [-0.4, -0.2) is 18.1 Å². The van der Waals surface area contributed by atoms with Crippen molar-refractivity contribution in [2.45, 2.75) is 33.2 Å². The van der Waals surface area contributed by atoms with Gasteiger partial charge in [0.15, 0.2) is 0 Å². The minimum atomic E-state index is 0.219. The first kappa shape index (κ1) is 15.3. The molecule has 1 unspecified atom stereocenters. The Balaban J connectivity index is 1.79. The lowest BCUT2D eigenvalue weighted by molar-refractivity contribution is 0.340. The van der Waals surface area contributed by atoms with E-state index in [9.17, 15) is 0 Å². The Morgan fingerprint density at radius 1 is 1.12 bits per heavy atom. The molecule has 0 spiro atoms. The Kier molecular flexibility index (Phi) is 3.81. The Hall–Kier alpha value is -2.26. The normalized spacial score (nSPS) is 17.0. The highest BCUT2D eigenvalue weighted by Crippen LogP contribution is 2.35. The van der Waals surface area contributed by atoms with Crippen LogP contribution in [0.1, 0.15) is 40.9 Å². The molecule has 0 saturated carbocycles. The summed E-state index contributed by atoms with van der Waals surface area (Å²) in [7, 11) is 0. The molecule has 2 N–H and O–H groups in total. The van der Waals surface area contributed by atoms with Crippen molar-refractivity contribution in [3.63, 3.8) is 0 Å². The molecule has 0 radical (unpaired) electrons. The monoisotopic (exact) mass is 320 g/mol. The van der Waals surface area contributed by atoms with Crippen molar-refractivity contribution >= 4 is 10.9 Å². The van der Waals surface area contributed by atoms with Crippen LogP contribution in [0.5, 0.6) is 5.75 Å². The molecule has 0 aliphatic carbocycles. The number of fused-ring (bicyclic) bond motifs is 3. The van der Waals surface area contributed by atoms with E-state index in [2.05, 4.69) is 60.5 Å². The summed E-state index contributed by atoms with van der Waals surface area (Å²) in [4.78, 5) is 3.71. The molecule has 2 heterocycles. The number of rotatable bonds is 3. The van der Waals surface area contributed by atoms with Crippen LogP contribution in [0.3, 0.4) is 0 Å². The molecule has 2 aromatic carbocycles. The quantitative estimate of drug-likeness (QED) is 0.749. The first-order chi connectivity index (χ1) is 11.7. The van der Waals surface area contributed by atoms with Gasteiger partial charge in [0.25, 0.3) is 0 Å². The molecule has 4 rings (SSSR count).